The van der Waals surface area contributed by atoms with Crippen molar-refractivity contribution in [3.63, 3.8) is 0 Å². The van der Waals surface area contributed by atoms with E-state index in [2.05, 4.69) is 0 Å². The Labute approximate surface area is 183 Å². The van der Waals surface area contributed by atoms with E-state index in [1.165, 1.54) is 4.90 Å². The van der Waals surface area contributed by atoms with Gasteiger partial charge in [-0.15, -0.1) is 0 Å². The van der Waals surface area contributed by atoms with E-state index in [-0.39, 0.29) is 23.8 Å². The van der Waals surface area contributed by atoms with Crippen LogP contribution in [0.3, 0.4) is 0 Å². The summed E-state index contributed by atoms with van der Waals surface area (Å²) in [5.74, 6) is 0.803. The van der Waals surface area contributed by atoms with Crippen molar-refractivity contribution >= 4 is 52.2 Å². The Morgan fingerprint density at radius 2 is 1.86 bits per heavy atom. The summed E-state index contributed by atoms with van der Waals surface area (Å²) in [6.45, 7) is 3.94. The van der Waals surface area contributed by atoms with Crippen molar-refractivity contribution in [1.29, 1.82) is 0 Å². The molecule has 0 spiro atoms. The summed E-state index contributed by atoms with van der Waals surface area (Å²) in [5.41, 5.74) is 1.38. The zero-order valence-corrected chi connectivity index (χ0v) is 18.4. The van der Waals surface area contributed by atoms with Crippen LogP contribution in [0.5, 0.6) is 11.5 Å². The Morgan fingerprint density at radius 1 is 1.10 bits per heavy atom. The molecule has 0 aliphatic carbocycles. The second-order valence-corrected chi connectivity index (χ2v) is 8.42. The first-order valence-electron chi connectivity index (χ1n) is 8.82. The van der Waals surface area contributed by atoms with Gasteiger partial charge in [-0.25, -0.2) is 0 Å². The molecule has 0 radical (unpaired) electrons. The Kier molecular flexibility index (Phi) is 6.77. The van der Waals surface area contributed by atoms with Crippen LogP contribution in [0.1, 0.15) is 25.0 Å². The number of halogens is 2. The molecular formula is C21H19Cl2NO4S. The molecule has 29 heavy (non-hydrogen) atoms. The van der Waals surface area contributed by atoms with Crippen LogP contribution in [-0.4, -0.2) is 29.3 Å². The minimum Gasteiger partial charge on any atom is -0.493 e. The standard InChI is InChI=1S/C21H19Cl2NO4S/c1-12(2)28-17-7-4-13(8-18(17)27-3)9-19-20(25)24(21(26)29-19)11-14-5-6-15(22)10-16(14)23/h4-10,12H,11H2,1-3H3/b19-9-. The van der Waals surface area contributed by atoms with E-state index in [0.717, 1.165) is 17.3 Å². The predicted molar refractivity (Wildman–Crippen MR) is 117 cm³/mol. The van der Waals surface area contributed by atoms with Gasteiger partial charge in [-0.05, 0) is 67.1 Å². The van der Waals surface area contributed by atoms with Gasteiger partial charge in [-0.3, -0.25) is 14.5 Å². The van der Waals surface area contributed by atoms with Gasteiger partial charge in [0, 0.05) is 10.0 Å². The summed E-state index contributed by atoms with van der Waals surface area (Å²) >= 11 is 13.0. The van der Waals surface area contributed by atoms with Gasteiger partial charge < -0.3 is 9.47 Å². The molecule has 2 aromatic rings. The fraction of sp³-hybridized carbons (Fsp3) is 0.238. The monoisotopic (exact) mass is 451 g/mol. The van der Waals surface area contributed by atoms with Crippen molar-refractivity contribution in [1.82, 2.24) is 4.90 Å². The number of amides is 2. The molecule has 0 unspecified atom stereocenters. The summed E-state index contributed by atoms with van der Waals surface area (Å²) in [4.78, 5) is 26.6. The second kappa shape index (κ2) is 9.11. The lowest BCUT2D eigenvalue weighted by Crippen LogP contribution is -2.27. The van der Waals surface area contributed by atoms with Crippen molar-refractivity contribution in [2.45, 2.75) is 26.5 Å². The molecule has 0 saturated carbocycles. The highest BCUT2D eigenvalue weighted by Gasteiger charge is 2.35. The quantitative estimate of drug-likeness (QED) is 0.502. The highest BCUT2D eigenvalue weighted by Crippen LogP contribution is 2.36. The summed E-state index contributed by atoms with van der Waals surface area (Å²) in [7, 11) is 1.55. The molecule has 1 saturated heterocycles. The van der Waals surface area contributed by atoms with Crippen LogP contribution in [0.2, 0.25) is 10.0 Å². The summed E-state index contributed by atoms with van der Waals surface area (Å²) in [6.07, 6.45) is 1.67. The van der Waals surface area contributed by atoms with Crippen molar-refractivity contribution in [2.75, 3.05) is 7.11 Å². The lowest BCUT2D eigenvalue weighted by molar-refractivity contribution is -0.123. The number of benzene rings is 2. The van der Waals surface area contributed by atoms with Gasteiger partial charge in [0.1, 0.15) is 0 Å². The molecule has 0 bridgehead atoms. The molecule has 2 aromatic carbocycles. The lowest BCUT2D eigenvalue weighted by Gasteiger charge is -2.14. The normalized spacial score (nSPS) is 15.5. The maximum atomic E-state index is 12.8. The van der Waals surface area contributed by atoms with Crippen LogP contribution >= 0.6 is 35.0 Å². The van der Waals surface area contributed by atoms with Crippen LogP contribution in [0, 0.1) is 0 Å². The highest BCUT2D eigenvalue weighted by molar-refractivity contribution is 8.18. The first-order chi connectivity index (χ1) is 13.8. The van der Waals surface area contributed by atoms with Gasteiger partial charge in [-0.2, -0.15) is 0 Å². The van der Waals surface area contributed by atoms with Crippen molar-refractivity contribution in [3.8, 4) is 11.5 Å². The number of imide groups is 1. The number of nitrogens with zero attached hydrogens (tertiary/aromatic N) is 1. The first kappa shape index (κ1) is 21.6. The van der Waals surface area contributed by atoms with Crippen molar-refractivity contribution in [2.24, 2.45) is 0 Å². The number of rotatable bonds is 6. The van der Waals surface area contributed by atoms with Crippen LogP contribution in [0.15, 0.2) is 41.3 Å². The number of hydrogen-bond donors (Lipinski definition) is 0. The Morgan fingerprint density at radius 3 is 2.52 bits per heavy atom. The molecule has 1 fully saturated rings. The maximum Gasteiger partial charge on any atom is 0.293 e. The zero-order valence-electron chi connectivity index (χ0n) is 16.1. The lowest BCUT2D eigenvalue weighted by atomic mass is 10.1. The van der Waals surface area contributed by atoms with E-state index in [4.69, 9.17) is 32.7 Å². The largest absolute Gasteiger partial charge is 0.493 e. The molecule has 2 amide bonds. The number of hydrogen-bond acceptors (Lipinski definition) is 5. The summed E-state index contributed by atoms with van der Waals surface area (Å²) in [6, 6.07) is 10.3. The van der Waals surface area contributed by atoms with Crippen molar-refractivity contribution in [3.05, 3.63) is 62.5 Å². The van der Waals surface area contributed by atoms with E-state index in [1.807, 2.05) is 19.9 Å². The second-order valence-electron chi connectivity index (χ2n) is 6.58. The number of carbonyl (C=O) groups excluding carboxylic acids is 2. The van der Waals surface area contributed by atoms with Gasteiger partial charge in [0.15, 0.2) is 11.5 Å². The summed E-state index contributed by atoms with van der Waals surface area (Å²) < 4.78 is 11.1. The first-order valence-corrected chi connectivity index (χ1v) is 10.4. The van der Waals surface area contributed by atoms with Crippen molar-refractivity contribution < 1.29 is 19.1 Å². The molecule has 5 nitrogen and oxygen atoms in total. The van der Waals surface area contributed by atoms with E-state index in [1.54, 1.807) is 43.5 Å². The molecule has 8 heteroatoms. The van der Waals surface area contributed by atoms with E-state index < -0.39 is 0 Å². The minimum absolute atomic E-state index is 0.00550. The van der Waals surface area contributed by atoms with Gasteiger partial charge >= 0.3 is 0 Å². The topological polar surface area (TPSA) is 55.8 Å². The molecule has 0 atom stereocenters. The minimum atomic E-state index is -0.368. The molecule has 1 aliphatic heterocycles. The Bertz CT molecular complexity index is 991. The molecule has 0 N–H and O–H groups in total. The molecule has 3 rings (SSSR count). The Hall–Kier alpha value is -2.15. The maximum absolute atomic E-state index is 12.8. The number of carbonyl (C=O) groups is 2. The molecule has 1 heterocycles. The van der Waals surface area contributed by atoms with Crippen LogP contribution in [-0.2, 0) is 11.3 Å². The van der Waals surface area contributed by atoms with Crippen LogP contribution < -0.4 is 9.47 Å². The molecule has 152 valence electrons. The molecule has 1 aliphatic rings. The van der Waals surface area contributed by atoms with Gasteiger partial charge in [0.25, 0.3) is 11.1 Å². The van der Waals surface area contributed by atoms with E-state index in [9.17, 15) is 9.59 Å². The summed E-state index contributed by atoms with van der Waals surface area (Å²) in [5, 5.41) is 0.552. The van der Waals surface area contributed by atoms with Gasteiger partial charge in [-0.1, -0.05) is 35.3 Å². The van der Waals surface area contributed by atoms with E-state index >= 15 is 0 Å². The average molecular weight is 452 g/mol. The van der Waals surface area contributed by atoms with Gasteiger partial charge in [0.05, 0.1) is 24.7 Å². The van der Waals surface area contributed by atoms with Gasteiger partial charge in [0.2, 0.25) is 0 Å². The number of ether oxygens (including phenoxy) is 2. The third-order valence-electron chi connectivity index (χ3n) is 4.07. The van der Waals surface area contributed by atoms with Crippen LogP contribution in [0.25, 0.3) is 6.08 Å². The highest BCUT2D eigenvalue weighted by atomic mass is 35.5. The average Bonchev–Trinajstić information content (AvgIpc) is 2.92. The zero-order chi connectivity index (χ0) is 21.1. The predicted octanol–water partition coefficient (Wildman–Crippen LogP) is 6.03. The smallest absolute Gasteiger partial charge is 0.293 e. The molecular weight excluding hydrogens is 433 g/mol. The fourth-order valence-corrected chi connectivity index (χ4v) is 4.04. The third-order valence-corrected chi connectivity index (χ3v) is 5.56. The molecule has 0 aromatic heterocycles. The number of thioether (sulfide) groups is 1. The third kappa shape index (κ3) is 5.07. The van der Waals surface area contributed by atoms with E-state index in [0.29, 0.717) is 32.0 Å². The Balaban J connectivity index is 1.82. The number of methoxy groups -OCH3 is 1. The van der Waals surface area contributed by atoms with Crippen LogP contribution in [0.4, 0.5) is 4.79 Å². The fourth-order valence-electron chi connectivity index (χ4n) is 2.73. The SMILES string of the molecule is COc1cc(/C=C2\SC(=O)N(Cc3ccc(Cl)cc3Cl)C2=O)ccc1OC(C)C.